The normalized spacial score (nSPS) is 18.4. The van der Waals surface area contributed by atoms with E-state index in [1.54, 1.807) is 0 Å². The predicted molar refractivity (Wildman–Crippen MR) is 79.4 cm³/mol. The van der Waals surface area contributed by atoms with E-state index in [0.29, 0.717) is 5.92 Å². The molecule has 0 fully saturated rings. The van der Waals surface area contributed by atoms with Gasteiger partial charge in [0.15, 0.2) is 0 Å². The highest BCUT2D eigenvalue weighted by atomic mass is 14.6. The molecule has 0 bridgehead atoms. The highest BCUT2D eigenvalue weighted by Gasteiger charge is 2.32. The molecule has 19 heavy (non-hydrogen) atoms. The molecular formula is C18H21N. The van der Waals surface area contributed by atoms with Crippen molar-refractivity contribution in [3.8, 4) is 0 Å². The summed E-state index contributed by atoms with van der Waals surface area (Å²) in [5, 5.41) is 0. The Morgan fingerprint density at radius 1 is 0.947 bits per heavy atom. The van der Waals surface area contributed by atoms with Crippen LogP contribution in [0.3, 0.4) is 0 Å². The van der Waals surface area contributed by atoms with Gasteiger partial charge in [-0.05, 0) is 46.6 Å². The van der Waals surface area contributed by atoms with E-state index in [-0.39, 0.29) is 5.41 Å². The van der Waals surface area contributed by atoms with Crippen molar-refractivity contribution in [3.05, 3.63) is 65.0 Å². The molecule has 1 aromatic heterocycles. The maximum Gasteiger partial charge on any atom is 0.0302 e. The second-order valence-corrected chi connectivity index (χ2v) is 6.57. The van der Waals surface area contributed by atoms with Crippen LogP contribution in [0.5, 0.6) is 0 Å². The quantitative estimate of drug-likeness (QED) is 0.678. The summed E-state index contributed by atoms with van der Waals surface area (Å²) in [5.74, 6) is 0.462. The van der Waals surface area contributed by atoms with Crippen LogP contribution >= 0.6 is 0 Å². The van der Waals surface area contributed by atoms with Crippen LogP contribution in [-0.2, 0) is 12.8 Å². The third-order valence-electron chi connectivity index (χ3n) is 4.15. The molecule has 0 amide bonds. The Balaban J connectivity index is 2.25. The molecule has 2 aromatic rings. The number of aryl methyl sites for hydroxylation is 2. The molecule has 0 N–H and O–H groups in total. The van der Waals surface area contributed by atoms with E-state index in [0.717, 1.165) is 12.8 Å². The number of benzene rings is 1. The summed E-state index contributed by atoms with van der Waals surface area (Å²) >= 11 is 0. The number of nitrogens with zero attached hydrogens (tertiary/aromatic N) is 1. The summed E-state index contributed by atoms with van der Waals surface area (Å²) < 4.78 is 0. The van der Waals surface area contributed by atoms with Crippen molar-refractivity contribution in [1.82, 2.24) is 4.98 Å². The fourth-order valence-electron chi connectivity index (χ4n) is 3.34. The molecule has 1 aliphatic rings. The molecule has 1 aromatic carbocycles. The van der Waals surface area contributed by atoms with Gasteiger partial charge in [0.1, 0.15) is 0 Å². The maximum atomic E-state index is 4.32. The summed E-state index contributed by atoms with van der Waals surface area (Å²) in [6, 6.07) is 11.1. The zero-order valence-corrected chi connectivity index (χ0v) is 12.0. The zero-order valence-electron chi connectivity index (χ0n) is 12.0. The SMILES string of the molecule is CC(C)(C)C1c2ccccc2CCc2cnccc21. The molecule has 1 heterocycles. The van der Waals surface area contributed by atoms with Gasteiger partial charge in [-0.25, -0.2) is 0 Å². The highest BCUT2D eigenvalue weighted by Crippen LogP contribution is 2.44. The van der Waals surface area contributed by atoms with Crippen LogP contribution in [0.15, 0.2) is 42.7 Å². The Bertz CT molecular complexity index is 545. The van der Waals surface area contributed by atoms with Crippen LogP contribution in [-0.4, -0.2) is 4.98 Å². The lowest BCUT2D eigenvalue weighted by Gasteiger charge is -2.32. The molecule has 0 saturated heterocycles. The van der Waals surface area contributed by atoms with Crippen molar-refractivity contribution in [3.63, 3.8) is 0 Å². The van der Waals surface area contributed by atoms with Crippen molar-refractivity contribution in [2.75, 3.05) is 0 Å². The predicted octanol–water partition coefficient (Wildman–Crippen LogP) is 4.36. The van der Waals surface area contributed by atoms with Gasteiger partial charge < -0.3 is 0 Å². The number of pyridine rings is 1. The molecule has 0 aliphatic heterocycles. The Labute approximate surface area is 115 Å². The molecule has 98 valence electrons. The summed E-state index contributed by atoms with van der Waals surface area (Å²) in [4.78, 5) is 4.32. The van der Waals surface area contributed by atoms with E-state index in [1.165, 1.54) is 22.3 Å². The van der Waals surface area contributed by atoms with Crippen LogP contribution in [0.1, 0.15) is 48.9 Å². The van der Waals surface area contributed by atoms with Gasteiger partial charge in [-0.2, -0.15) is 0 Å². The molecule has 1 unspecified atom stereocenters. The monoisotopic (exact) mass is 251 g/mol. The number of hydrogen-bond acceptors (Lipinski definition) is 1. The van der Waals surface area contributed by atoms with Gasteiger partial charge in [-0.1, -0.05) is 45.0 Å². The van der Waals surface area contributed by atoms with Crippen molar-refractivity contribution in [2.24, 2.45) is 5.41 Å². The van der Waals surface area contributed by atoms with E-state index in [4.69, 9.17) is 0 Å². The molecule has 1 atom stereocenters. The first kappa shape index (κ1) is 12.4. The van der Waals surface area contributed by atoms with Crippen molar-refractivity contribution in [2.45, 2.75) is 39.5 Å². The lowest BCUT2D eigenvalue weighted by Crippen LogP contribution is -2.20. The van der Waals surface area contributed by atoms with Crippen molar-refractivity contribution >= 4 is 0 Å². The summed E-state index contributed by atoms with van der Waals surface area (Å²) in [6.45, 7) is 7.01. The molecule has 1 nitrogen and oxygen atoms in total. The third-order valence-corrected chi connectivity index (χ3v) is 4.15. The Morgan fingerprint density at radius 2 is 1.63 bits per heavy atom. The van der Waals surface area contributed by atoms with Gasteiger partial charge in [0.2, 0.25) is 0 Å². The largest absolute Gasteiger partial charge is 0.264 e. The minimum atomic E-state index is 0.219. The number of fused-ring (bicyclic) bond motifs is 2. The van der Waals surface area contributed by atoms with Crippen molar-refractivity contribution in [1.29, 1.82) is 0 Å². The summed E-state index contributed by atoms with van der Waals surface area (Å²) in [7, 11) is 0. The molecule has 1 heteroatoms. The fraction of sp³-hybridized carbons (Fsp3) is 0.389. The average molecular weight is 251 g/mol. The average Bonchev–Trinajstić information content (AvgIpc) is 2.54. The van der Waals surface area contributed by atoms with Crippen LogP contribution in [0, 0.1) is 5.41 Å². The van der Waals surface area contributed by atoms with Gasteiger partial charge in [0.25, 0.3) is 0 Å². The minimum absolute atomic E-state index is 0.219. The molecule has 1 aliphatic carbocycles. The Kier molecular flexibility index (Phi) is 2.93. The second kappa shape index (κ2) is 4.48. The maximum absolute atomic E-state index is 4.32. The third kappa shape index (κ3) is 2.18. The standard InChI is InChI=1S/C18H21N/c1-18(2,3)17-15-7-5-4-6-13(15)8-9-14-12-19-11-10-16(14)17/h4-7,10-12,17H,8-9H2,1-3H3. The van der Waals surface area contributed by atoms with E-state index in [1.807, 2.05) is 6.20 Å². The fourth-order valence-corrected chi connectivity index (χ4v) is 3.34. The minimum Gasteiger partial charge on any atom is -0.264 e. The Morgan fingerprint density at radius 3 is 2.42 bits per heavy atom. The highest BCUT2D eigenvalue weighted by molar-refractivity contribution is 5.45. The van der Waals surface area contributed by atoms with Crippen LogP contribution in [0.2, 0.25) is 0 Å². The van der Waals surface area contributed by atoms with Crippen molar-refractivity contribution < 1.29 is 0 Å². The van der Waals surface area contributed by atoms with Gasteiger partial charge >= 0.3 is 0 Å². The first-order valence-electron chi connectivity index (χ1n) is 7.08. The van der Waals surface area contributed by atoms with Crippen LogP contribution in [0.4, 0.5) is 0 Å². The topological polar surface area (TPSA) is 12.9 Å². The zero-order chi connectivity index (χ0) is 13.5. The number of rotatable bonds is 0. The lowest BCUT2D eigenvalue weighted by molar-refractivity contribution is 0.357. The van der Waals surface area contributed by atoms with Gasteiger partial charge in [-0.15, -0.1) is 0 Å². The number of hydrogen-bond donors (Lipinski definition) is 0. The van der Waals surface area contributed by atoms with Gasteiger partial charge in [0, 0.05) is 18.3 Å². The molecule has 0 spiro atoms. The Hall–Kier alpha value is -1.63. The smallest absolute Gasteiger partial charge is 0.0302 e. The molecule has 0 radical (unpaired) electrons. The molecule has 0 saturated carbocycles. The number of aromatic nitrogens is 1. The first-order valence-corrected chi connectivity index (χ1v) is 7.08. The van der Waals surface area contributed by atoms with E-state index < -0.39 is 0 Å². The molecular weight excluding hydrogens is 230 g/mol. The summed E-state index contributed by atoms with van der Waals surface area (Å²) in [6.07, 6.45) is 6.22. The first-order chi connectivity index (χ1) is 9.07. The van der Waals surface area contributed by atoms with Crippen LogP contribution < -0.4 is 0 Å². The van der Waals surface area contributed by atoms with E-state index in [9.17, 15) is 0 Å². The van der Waals surface area contributed by atoms with E-state index in [2.05, 4.69) is 62.3 Å². The molecule has 3 rings (SSSR count). The second-order valence-electron chi connectivity index (χ2n) is 6.57. The van der Waals surface area contributed by atoms with Gasteiger partial charge in [0.05, 0.1) is 0 Å². The van der Waals surface area contributed by atoms with Gasteiger partial charge in [-0.3, -0.25) is 4.98 Å². The van der Waals surface area contributed by atoms with E-state index >= 15 is 0 Å². The summed E-state index contributed by atoms with van der Waals surface area (Å²) in [5.41, 5.74) is 6.10. The lowest BCUT2D eigenvalue weighted by atomic mass is 9.71. The van der Waals surface area contributed by atoms with Crippen LogP contribution in [0.25, 0.3) is 0 Å².